The summed E-state index contributed by atoms with van der Waals surface area (Å²) in [6.45, 7) is 6.30. The second-order valence-corrected chi connectivity index (χ2v) is 10.1. The first-order valence-electron chi connectivity index (χ1n) is 10.0. The van der Waals surface area contributed by atoms with Gasteiger partial charge in [-0.2, -0.15) is 4.31 Å². The lowest BCUT2D eigenvalue weighted by molar-refractivity contribution is -0.136. The van der Waals surface area contributed by atoms with E-state index in [0.29, 0.717) is 38.0 Å². The van der Waals surface area contributed by atoms with Crippen LogP contribution in [0.3, 0.4) is 0 Å². The molecule has 2 atom stereocenters. The van der Waals surface area contributed by atoms with Gasteiger partial charge < -0.3 is 15.4 Å². The summed E-state index contributed by atoms with van der Waals surface area (Å²) in [4.78, 5) is 26.2. The van der Waals surface area contributed by atoms with Crippen molar-refractivity contribution in [3.8, 4) is 5.75 Å². The van der Waals surface area contributed by atoms with Crippen LogP contribution in [0.15, 0.2) is 23.1 Å². The molecule has 29 heavy (non-hydrogen) atoms. The Labute approximate surface area is 172 Å². The lowest BCUT2D eigenvalue weighted by Crippen LogP contribution is -2.44. The van der Waals surface area contributed by atoms with Crippen LogP contribution in [0.2, 0.25) is 0 Å². The molecule has 0 radical (unpaired) electrons. The zero-order valence-corrected chi connectivity index (χ0v) is 17.8. The van der Waals surface area contributed by atoms with E-state index in [9.17, 15) is 18.0 Å². The minimum atomic E-state index is -3.68. The Morgan fingerprint density at radius 2 is 1.76 bits per heavy atom. The summed E-state index contributed by atoms with van der Waals surface area (Å²) in [7, 11) is -3.68. The van der Waals surface area contributed by atoms with E-state index in [0.717, 1.165) is 19.3 Å². The van der Waals surface area contributed by atoms with Gasteiger partial charge in [-0.25, -0.2) is 8.42 Å². The Hall–Kier alpha value is -2.13. The van der Waals surface area contributed by atoms with Crippen molar-refractivity contribution in [3.05, 3.63) is 23.8 Å². The molecule has 9 heteroatoms. The van der Waals surface area contributed by atoms with Crippen molar-refractivity contribution < 1.29 is 22.7 Å². The van der Waals surface area contributed by atoms with Crippen LogP contribution in [-0.4, -0.2) is 62.2 Å². The van der Waals surface area contributed by atoms with Crippen molar-refractivity contribution in [3.63, 3.8) is 0 Å². The van der Waals surface area contributed by atoms with E-state index in [-0.39, 0.29) is 28.7 Å². The third kappa shape index (κ3) is 4.90. The van der Waals surface area contributed by atoms with Crippen molar-refractivity contribution in [2.75, 3.05) is 32.8 Å². The summed E-state index contributed by atoms with van der Waals surface area (Å²) < 4.78 is 32.4. The summed E-state index contributed by atoms with van der Waals surface area (Å²) >= 11 is 0. The number of piperidine rings is 1. The molecule has 2 saturated heterocycles. The number of amides is 2. The summed E-state index contributed by atoms with van der Waals surface area (Å²) in [6, 6.07) is 4.03. The Morgan fingerprint density at radius 1 is 1.14 bits per heavy atom. The Kier molecular flexibility index (Phi) is 6.48. The number of nitrogens with zero attached hydrogens (tertiary/aromatic N) is 2. The summed E-state index contributed by atoms with van der Waals surface area (Å²) in [5.74, 6) is 0.0148. The minimum Gasteiger partial charge on any atom is -0.483 e. The predicted octanol–water partition coefficient (Wildman–Crippen LogP) is 1.45. The van der Waals surface area contributed by atoms with Gasteiger partial charge in [0.05, 0.1) is 10.5 Å². The Morgan fingerprint density at radius 3 is 2.34 bits per heavy atom. The van der Waals surface area contributed by atoms with Crippen LogP contribution in [0, 0.1) is 11.8 Å². The van der Waals surface area contributed by atoms with E-state index in [1.807, 2.05) is 0 Å². The molecule has 0 spiro atoms. The molecule has 160 valence electrons. The highest BCUT2D eigenvalue weighted by Crippen LogP contribution is 2.27. The van der Waals surface area contributed by atoms with Crippen LogP contribution < -0.4 is 10.5 Å². The summed E-state index contributed by atoms with van der Waals surface area (Å²) in [5.41, 5.74) is 5.40. The fourth-order valence-electron chi connectivity index (χ4n) is 4.16. The Balaban J connectivity index is 1.74. The second-order valence-electron chi connectivity index (χ2n) is 8.17. The number of rotatable bonds is 6. The van der Waals surface area contributed by atoms with Gasteiger partial charge in [-0.15, -0.1) is 0 Å². The molecule has 3 rings (SSSR count). The van der Waals surface area contributed by atoms with Crippen molar-refractivity contribution >= 4 is 21.8 Å². The monoisotopic (exact) mass is 423 g/mol. The van der Waals surface area contributed by atoms with Crippen molar-refractivity contribution in [2.24, 2.45) is 17.6 Å². The average molecular weight is 424 g/mol. The lowest BCUT2D eigenvalue weighted by Gasteiger charge is -2.34. The summed E-state index contributed by atoms with van der Waals surface area (Å²) in [6.07, 6.45) is 2.72. The van der Waals surface area contributed by atoms with Crippen LogP contribution >= 0.6 is 0 Å². The average Bonchev–Trinajstić information content (AvgIpc) is 3.20. The first kappa shape index (κ1) is 21.6. The van der Waals surface area contributed by atoms with Crippen LogP contribution in [0.4, 0.5) is 0 Å². The second kappa shape index (κ2) is 8.71. The van der Waals surface area contributed by atoms with Gasteiger partial charge >= 0.3 is 0 Å². The fraction of sp³-hybridized carbons (Fsp3) is 0.600. The number of nitrogens with two attached hydrogens (primary N) is 1. The van der Waals surface area contributed by atoms with Gasteiger partial charge in [-0.3, -0.25) is 9.59 Å². The Bertz CT molecular complexity index is 870. The smallest absolute Gasteiger partial charge is 0.260 e. The normalized spacial score (nSPS) is 23.2. The molecule has 1 aromatic carbocycles. The molecule has 0 saturated carbocycles. The number of sulfonamides is 1. The zero-order valence-electron chi connectivity index (χ0n) is 17.0. The van der Waals surface area contributed by atoms with Crippen LogP contribution in [-0.2, 0) is 14.8 Å². The molecule has 2 heterocycles. The number of benzene rings is 1. The standard InChI is InChI=1S/C20H29N3O5S/c1-14-9-15(2)12-22(11-14)19(24)13-28-18-6-5-16(10-17(18)20(21)25)29(26,27)23-7-3-4-8-23/h5-6,10,14-15H,3-4,7-9,11-13H2,1-2H3,(H2,21,25)/t14-,15-/m1/s1. The quantitative estimate of drug-likeness (QED) is 0.745. The van der Waals surface area contributed by atoms with Gasteiger partial charge in [0.15, 0.2) is 6.61 Å². The van der Waals surface area contributed by atoms with Gasteiger partial charge in [0.2, 0.25) is 10.0 Å². The van der Waals surface area contributed by atoms with Gasteiger partial charge in [0.25, 0.3) is 11.8 Å². The highest BCUT2D eigenvalue weighted by molar-refractivity contribution is 7.89. The molecule has 0 bridgehead atoms. The molecule has 0 aliphatic carbocycles. The molecule has 2 N–H and O–H groups in total. The van der Waals surface area contributed by atoms with Crippen molar-refractivity contribution in [1.29, 1.82) is 0 Å². The molecule has 2 fully saturated rings. The molecule has 0 unspecified atom stereocenters. The third-order valence-corrected chi connectivity index (χ3v) is 7.39. The van der Waals surface area contributed by atoms with E-state index in [1.54, 1.807) is 4.90 Å². The molecule has 2 amide bonds. The van der Waals surface area contributed by atoms with E-state index in [4.69, 9.17) is 10.5 Å². The largest absolute Gasteiger partial charge is 0.483 e. The highest BCUT2D eigenvalue weighted by Gasteiger charge is 2.29. The maximum absolute atomic E-state index is 12.7. The summed E-state index contributed by atoms with van der Waals surface area (Å²) in [5, 5.41) is 0. The van der Waals surface area contributed by atoms with Crippen molar-refractivity contribution in [1.82, 2.24) is 9.21 Å². The number of primary amides is 1. The third-order valence-electron chi connectivity index (χ3n) is 5.49. The molecule has 2 aliphatic heterocycles. The number of likely N-dealkylation sites (tertiary alicyclic amines) is 1. The predicted molar refractivity (Wildman–Crippen MR) is 108 cm³/mol. The van der Waals surface area contributed by atoms with E-state index in [1.165, 1.54) is 22.5 Å². The van der Waals surface area contributed by atoms with Gasteiger partial charge in [0.1, 0.15) is 5.75 Å². The van der Waals surface area contributed by atoms with Gasteiger partial charge in [0, 0.05) is 26.2 Å². The maximum Gasteiger partial charge on any atom is 0.260 e. The first-order valence-corrected chi connectivity index (χ1v) is 11.5. The van der Waals surface area contributed by atoms with Crippen molar-refractivity contribution in [2.45, 2.75) is 38.0 Å². The maximum atomic E-state index is 12.7. The fourth-order valence-corrected chi connectivity index (χ4v) is 5.71. The molecular weight excluding hydrogens is 394 g/mol. The number of hydrogen-bond donors (Lipinski definition) is 1. The topological polar surface area (TPSA) is 110 Å². The molecule has 8 nitrogen and oxygen atoms in total. The van der Waals surface area contributed by atoms with E-state index >= 15 is 0 Å². The van der Waals surface area contributed by atoms with E-state index in [2.05, 4.69) is 13.8 Å². The van der Waals surface area contributed by atoms with E-state index < -0.39 is 15.9 Å². The molecule has 2 aliphatic rings. The number of carbonyl (C=O) groups is 2. The number of ether oxygens (including phenoxy) is 1. The van der Waals surface area contributed by atoms with Crippen LogP contribution in [0.1, 0.15) is 43.5 Å². The highest BCUT2D eigenvalue weighted by atomic mass is 32.2. The molecular formula is C20H29N3O5S. The zero-order chi connectivity index (χ0) is 21.2. The molecule has 0 aromatic heterocycles. The number of hydrogen-bond acceptors (Lipinski definition) is 5. The number of carbonyl (C=O) groups excluding carboxylic acids is 2. The SMILES string of the molecule is C[C@@H]1C[C@@H](C)CN(C(=O)COc2ccc(S(=O)(=O)N3CCCC3)cc2C(N)=O)C1. The first-order chi connectivity index (χ1) is 13.7. The van der Waals surface area contributed by atoms with Gasteiger partial charge in [-0.05, 0) is 49.3 Å². The minimum absolute atomic E-state index is 0.00515. The molecule has 1 aromatic rings. The van der Waals surface area contributed by atoms with Gasteiger partial charge in [-0.1, -0.05) is 13.8 Å². The van der Waals surface area contributed by atoms with Crippen LogP contribution in [0.25, 0.3) is 0 Å². The lowest BCUT2D eigenvalue weighted by atomic mass is 9.92. The van der Waals surface area contributed by atoms with Crippen LogP contribution in [0.5, 0.6) is 5.75 Å².